The first-order valence-corrected chi connectivity index (χ1v) is 12.6. The molecule has 5 nitrogen and oxygen atoms in total. The van der Waals surface area contributed by atoms with Gasteiger partial charge in [-0.2, -0.15) is 0 Å². The topological polar surface area (TPSA) is 72.0 Å². The average Bonchev–Trinajstić information content (AvgIpc) is 3.39. The molecule has 0 saturated heterocycles. The number of thiazole rings is 2. The molecule has 1 amide bonds. The van der Waals surface area contributed by atoms with Gasteiger partial charge in [-0.3, -0.25) is 9.59 Å². The van der Waals surface area contributed by atoms with Gasteiger partial charge in [0.1, 0.15) is 0 Å². The van der Waals surface area contributed by atoms with Crippen LogP contribution in [0.1, 0.15) is 34.1 Å². The fourth-order valence-electron chi connectivity index (χ4n) is 3.04. The second-order valence-corrected chi connectivity index (χ2v) is 10.1. The Morgan fingerprint density at radius 1 is 1.10 bits per heavy atom. The monoisotopic (exact) mass is 467 g/mol. The summed E-state index contributed by atoms with van der Waals surface area (Å²) in [7, 11) is 0. The molecule has 2 aromatic heterocycles. The molecular weight excluding hydrogens is 446 g/mol. The normalized spacial score (nSPS) is 11.0. The van der Waals surface area contributed by atoms with Crippen LogP contribution in [-0.4, -0.2) is 27.4 Å². The number of thioether (sulfide) groups is 1. The number of hydrogen-bond donors (Lipinski definition) is 1. The van der Waals surface area contributed by atoms with Gasteiger partial charge in [-0.25, -0.2) is 9.97 Å². The molecule has 0 unspecified atom stereocenters. The summed E-state index contributed by atoms with van der Waals surface area (Å²) in [6, 6.07) is 13.7. The van der Waals surface area contributed by atoms with Gasteiger partial charge in [-0.05, 0) is 30.5 Å². The largest absolute Gasteiger partial charge is 0.302 e. The lowest BCUT2D eigenvalue weighted by molar-refractivity contribution is -0.115. The van der Waals surface area contributed by atoms with Gasteiger partial charge >= 0.3 is 0 Å². The van der Waals surface area contributed by atoms with Crippen molar-refractivity contribution in [3.8, 4) is 0 Å². The van der Waals surface area contributed by atoms with Crippen molar-refractivity contribution in [2.75, 3.05) is 11.1 Å². The number of anilines is 1. The number of ketones is 1. The van der Waals surface area contributed by atoms with Crippen molar-refractivity contribution in [3.63, 3.8) is 0 Å². The van der Waals surface area contributed by atoms with Crippen molar-refractivity contribution < 1.29 is 9.59 Å². The molecule has 2 aromatic carbocycles. The van der Waals surface area contributed by atoms with E-state index in [1.807, 2.05) is 54.8 Å². The number of rotatable bonds is 8. The minimum atomic E-state index is -0.148. The molecular formula is C23H21N3O2S3. The zero-order chi connectivity index (χ0) is 21.8. The molecule has 0 fully saturated rings. The van der Waals surface area contributed by atoms with Crippen molar-refractivity contribution in [3.05, 3.63) is 70.2 Å². The van der Waals surface area contributed by atoms with Gasteiger partial charge in [0.2, 0.25) is 5.91 Å². The third-order valence-electron chi connectivity index (χ3n) is 4.75. The molecule has 0 aliphatic rings. The molecule has 0 aliphatic carbocycles. The summed E-state index contributed by atoms with van der Waals surface area (Å²) in [5.74, 6) is 0.259. The Bertz CT molecular complexity index is 1230. The maximum atomic E-state index is 12.4. The fourth-order valence-corrected chi connectivity index (χ4v) is 5.74. The number of carbonyl (C=O) groups is 2. The number of Topliss-reactive ketones (excluding diaryl/α,β-unsaturated/α-hetero) is 1. The number of amides is 1. The van der Waals surface area contributed by atoms with Crippen LogP contribution in [0.3, 0.4) is 0 Å². The molecule has 0 saturated carbocycles. The number of aryl methyl sites for hydroxylation is 2. The third-order valence-corrected chi connectivity index (χ3v) is 7.76. The molecule has 8 heteroatoms. The average molecular weight is 468 g/mol. The highest BCUT2D eigenvalue weighted by molar-refractivity contribution is 8.01. The van der Waals surface area contributed by atoms with E-state index in [0.29, 0.717) is 22.1 Å². The van der Waals surface area contributed by atoms with Crippen LogP contribution in [0.25, 0.3) is 10.2 Å². The van der Waals surface area contributed by atoms with Crippen LogP contribution in [0.4, 0.5) is 5.13 Å². The highest BCUT2D eigenvalue weighted by Crippen LogP contribution is 2.28. The summed E-state index contributed by atoms with van der Waals surface area (Å²) in [6.45, 7) is 4.10. The lowest BCUT2D eigenvalue weighted by Crippen LogP contribution is -2.14. The minimum absolute atomic E-state index is 0.0771. The van der Waals surface area contributed by atoms with Gasteiger partial charge in [0, 0.05) is 10.9 Å². The smallest absolute Gasteiger partial charge is 0.232 e. The van der Waals surface area contributed by atoms with E-state index in [1.54, 1.807) is 0 Å². The van der Waals surface area contributed by atoms with Crippen LogP contribution in [-0.2, 0) is 17.6 Å². The number of carbonyl (C=O) groups excluding carboxylic acids is 2. The number of para-hydroxylation sites is 1. The summed E-state index contributed by atoms with van der Waals surface area (Å²) in [5.41, 5.74) is 4.64. The van der Waals surface area contributed by atoms with Crippen LogP contribution < -0.4 is 5.32 Å². The van der Waals surface area contributed by atoms with Gasteiger partial charge in [0.25, 0.3) is 0 Å². The predicted octanol–water partition coefficient (Wildman–Crippen LogP) is 5.78. The van der Waals surface area contributed by atoms with Gasteiger partial charge in [0.05, 0.1) is 28.1 Å². The fraction of sp³-hybridized carbons (Fsp3) is 0.217. The summed E-state index contributed by atoms with van der Waals surface area (Å²) >= 11 is 4.32. The lowest BCUT2D eigenvalue weighted by Gasteiger charge is -2.01. The first-order valence-electron chi connectivity index (χ1n) is 9.87. The van der Waals surface area contributed by atoms with Gasteiger partial charge < -0.3 is 5.32 Å². The van der Waals surface area contributed by atoms with Crippen LogP contribution in [0.5, 0.6) is 0 Å². The third kappa shape index (κ3) is 5.39. The lowest BCUT2D eigenvalue weighted by atomic mass is 10.1. The highest BCUT2D eigenvalue weighted by atomic mass is 32.2. The van der Waals surface area contributed by atoms with Crippen molar-refractivity contribution in [1.29, 1.82) is 0 Å². The Hall–Kier alpha value is -2.55. The summed E-state index contributed by atoms with van der Waals surface area (Å²) in [6.07, 6.45) is 1.13. The first-order chi connectivity index (χ1) is 15.0. The molecule has 0 radical (unpaired) electrons. The van der Waals surface area contributed by atoms with Crippen LogP contribution in [0.2, 0.25) is 0 Å². The highest BCUT2D eigenvalue weighted by Gasteiger charge is 2.13. The maximum Gasteiger partial charge on any atom is 0.232 e. The quantitative estimate of drug-likeness (QED) is 0.263. The summed E-state index contributed by atoms with van der Waals surface area (Å²) in [5, 5.41) is 5.33. The van der Waals surface area contributed by atoms with E-state index in [1.165, 1.54) is 40.0 Å². The van der Waals surface area contributed by atoms with Crippen LogP contribution in [0.15, 0.2) is 52.2 Å². The summed E-state index contributed by atoms with van der Waals surface area (Å²) in [4.78, 5) is 33.8. The van der Waals surface area contributed by atoms with E-state index in [4.69, 9.17) is 0 Å². The second-order valence-electron chi connectivity index (χ2n) is 7.03. The molecule has 4 aromatic rings. The van der Waals surface area contributed by atoms with E-state index < -0.39 is 0 Å². The SMILES string of the molecule is CCc1ccc(C(=O)CSc2nc(CC(=O)Nc3nc4c(C)cccc4s3)cs2)cc1. The zero-order valence-electron chi connectivity index (χ0n) is 17.2. The molecule has 0 atom stereocenters. The Kier molecular flexibility index (Phi) is 6.80. The number of nitrogens with zero attached hydrogens (tertiary/aromatic N) is 2. The van der Waals surface area contributed by atoms with E-state index in [9.17, 15) is 9.59 Å². The number of aromatic nitrogens is 2. The Morgan fingerprint density at radius 2 is 1.90 bits per heavy atom. The number of fused-ring (bicyclic) bond motifs is 1. The molecule has 2 heterocycles. The van der Waals surface area contributed by atoms with Gasteiger partial charge in [-0.15, -0.1) is 11.3 Å². The van der Waals surface area contributed by atoms with E-state index >= 15 is 0 Å². The van der Waals surface area contributed by atoms with E-state index in [2.05, 4.69) is 22.2 Å². The van der Waals surface area contributed by atoms with Gasteiger partial charge in [-0.1, -0.05) is 66.4 Å². The van der Waals surface area contributed by atoms with Crippen molar-refractivity contribution in [2.45, 2.75) is 31.0 Å². The van der Waals surface area contributed by atoms with Crippen LogP contribution in [0, 0.1) is 6.92 Å². The zero-order valence-corrected chi connectivity index (χ0v) is 19.6. The first kappa shape index (κ1) is 21.7. The predicted molar refractivity (Wildman–Crippen MR) is 130 cm³/mol. The van der Waals surface area contributed by atoms with Gasteiger partial charge in [0.15, 0.2) is 15.3 Å². The number of benzene rings is 2. The molecule has 4 rings (SSSR count). The van der Waals surface area contributed by atoms with Crippen molar-refractivity contribution >= 4 is 61.5 Å². The van der Waals surface area contributed by atoms with Crippen LogP contribution >= 0.6 is 34.4 Å². The molecule has 0 aliphatic heterocycles. The second kappa shape index (κ2) is 9.72. The van der Waals surface area contributed by atoms with E-state index in [-0.39, 0.29) is 18.1 Å². The molecule has 1 N–H and O–H groups in total. The number of nitrogens with one attached hydrogen (secondary N) is 1. The Labute approximate surface area is 192 Å². The van der Waals surface area contributed by atoms with E-state index in [0.717, 1.165) is 26.5 Å². The number of hydrogen-bond acceptors (Lipinski definition) is 7. The Morgan fingerprint density at radius 3 is 2.65 bits per heavy atom. The Balaban J connectivity index is 1.31. The summed E-state index contributed by atoms with van der Waals surface area (Å²) < 4.78 is 1.84. The van der Waals surface area contributed by atoms with Crippen molar-refractivity contribution in [2.24, 2.45) is 0 Å². The standard InChI is InChI=1S/C23H21N3O2S3/c1-3-15-7-9-16(10-8-15)18(27)13-30-23-24-17(12-29-23)11-20(28)25-22-26-21-14(2)5-4-6-19(21)31-22/h4-10,12H,3,11,13H2,1-2H3,(H,25,26,28). The van der Waals surface area contributed by atoms with Crippen molar-refractivity contribution in [1.82, 2.24) is 9.97 Å². The molecule has 0 bridgehead atoms. The minimum Gasteiger partial charge on any atom is -0.302 e. The molecule has 0 spiro atoms. The molecule has 158 valence electrons. The molecule has 31 heavy (non-hydrogen) atoms. The maximum absolute atomic E-state index is 12.4.